The predicted octanol–water partition coefficient (Wildman–Crippen LogP) is 7.49. The van der Waals surface area contributed by atoms with Crippen LogP contribution in [0.25, 0.3) is 0 Å². The number of rotatable bonds is 9. The molecule has 4 aromatic rings. The average Bonchev–Trinajstić information content (AvgIpc) is 3.66. The molecule has 0 aliphatic carbocycles. The van der Waals surface area contributed by atoms with Crippen molar-refractivity contribution in [1.82, 2.24) is 0 Å². The van der Waals surface area contributed by atoms with Gasteiger partial charge in [0.25, 0.3) is 0 Å². The molecule has 172 valence electrons. The molecule has 1 heterocycles. The number of hydrogen-bond donors (Lipinski definition) is 1. The van der Waals surface area contributed by atoms with Crippen LogP contribution in [0, 0.1) is 13.8 Å². The normalized spacial score (nSPS) is 14.4. The van der Waals surface area contributed by atoms with Crippen molar-refractivity contribution in [2.75, 3.05) is 18.5 Å². The minimum absolute atomic E-state index is 0.333. The lowest BCUT2D eigenvalue weighted by Gasteiger charge is -2.13. The molecular weight excluding hydrogens is 426 g/mol. The van der Waals surface area contributed by atoms with E-state index in [0.29, 0.717) is 23.4 Å². The lowest BCUT2D eigenvalue weighted by molar-refractivity contribution is 0.416. The van der Waals surface area contributed by atoms with Crippen molar-refractivity contribution in [2.24, 2.45) is 0 Å². The molecule has 1 N–H and O–H groups in total. The Labute approximate surface area is 199 Å². The van der Waals surface area contributed by atoms with Crippen LogP contribution >= 0.6 is 0 Å². The van der Waals surface area contributed by atoms with Crippen molar-refractivity contribution < 1.29 is 18.9 Å². The topological polar surface area (TPSA) is 52.2 Å². The van der Waals surface area contributed by atoms with Crippen LogP contribution in [0.2, 0.25) is 0 Å². The first kappa shape index (κ1) is 21.9. The minimum Gasteiger partial charge on any atom is -0.457 e. The van der Waals surface area contributed by atoms with Crippen molar-refractivity contribution in [2.45, 2.75) is 20.0 Å². The summed E-state index contributed by atoms with van der Waals surface area (Å²) in [5, 5.41) is 3.36. The van der Waals surface area contributed by atoms with Gasteiger partial charge in [0.1, 0.15) is 34.5 Å². The SMILES string of the molecule is Cc1ccc(Oc2cc(Oc3ccc(C)cc3)cc(Oc3ccc(NCC4CO4)cc3)c2)cc1. The second kappa shape index (κ2) is 9.89. The minimum atomic E-state index is 0.333. The summed E-state index contributed by atoms with van der Waals surface area (Å²) in [5.74, 6) is 4.11. The third kappa shape index (κ3) is 6.09. The molecule has 1 saturated heterocycles. The van der Waals surface area contributed by atoms with Gasteiger partial charge in [0.2, 0.25) is 0 Å². The number of epoxide rings is 1. The summed E-state index contributed by atoms with van der Waals surface area (Å²) in [6.45, 7) is 5.75. The molecule has 4 aromatic carbocycles. The highest BCUT2D eigenvalue weighted by atomic mass is 16.6. The molecule has 5 rings (SSSR count). The van der Waals surface area contributed by atoms with Gasteiger partial charge in [0, 0.05) is 30.4 Å². The molecule has 1 fully saturated rings. The summed E-state index contributed by atoms with van der Waals surface area (Å²) >= 11 is 0. The zero-order valence-electron chi connectivity index (χ0n) is 19.3. The highest BCUT2D eigenvalue weighted by Crippen LogP contribution is 2.35. The second-order valence-electron chi connectivity index (χ2n) is 8.43. The van der Waals surface area contributed by atoms with E-state index in [2.05, 4.69) is 5.32 Å². The van der Waals surface area contributed by atoms with E-state index in [9.17, 15) is 0 Å². The van der Waals surface area contributed by atoms with Crippen LogP contribution in [0.5, 0.6) is 34.5 Å². The highest BCUT2D eigenvalue weighted by Gasteiger charge is 2.21. The summed E-state index contributed by atoms with van der Waals surface area (Å²) in [6.07, 6.45) is 0.333. The van der Waals surface area contributed by atoms with Crippen LogP contribution in [0.1, 0.15) is 11.1 Å². The average molecular weight is 454 g/mol. The number of benzene rings is 4. The Balaban J connectivity index is 1.36. The molecule has 0 saturated carbocycles. The van der Waals surface area contributed by atoms with Crippen molar-refractivity contribution in [3.05, 3.63) is 102 Å². The maximum Gasteiger partial charge on any atom is 0.134 e. The third-order valence-corrected chi connectivity index (χ3v) is 5.39. The Bertz CT molecular complexity index is 1170. The standard InChI is InChI=1S/C29H27NO4/c1-20-3-9-23(10-4-20)32-26-15-27(33-24-11-5-21(2)6-12-24)17-28(16-26)34-25-13-7-22(8-14-25)30-18-29-19-31-29/h3-17,29-30H,18-19H2,1-2H3. The molecule has 0 amide bonds. The molecule has 34 heavy (non-hydrogen) atoms. The first-order valence-electron chi connectivity index (χ1n) is 11.4. The van der Waals surface area contributed by atoms with E-state index in [1.165, 1.54) is 11.1 Å². The monoisotopic (exact) mass is 453 g/mol. The quantitative estimate of drug-likeness (QED) is 0.266. The van der Waals surface area contributed by atoms with E-state index >= 15 is 0 Å². The van der Waals surface area contributed by atoms with Crippen LogP contribution in [0.3, 0.4) is 0 Å². The van der Waals surface area contributed by atoms with Crippen LogP contribution in [0.4, 0.5) is 5.69 Å². The Morgan fingerprint density at radius 1 is 0.618 bits per heavy atom. The van der Waals surface area contributed by atoms with Gasteiger partial charge in [-0.1, -0.05) is 35.4 Å². The van der Waals surface area contributed by atoms with Gasteiger partial charge < -0.3 is 24.3 Å². The Morgan fingerprint density at radius 2 is 1.00 bits per heavy atom. The van der Waals surface area contributed by atoms with Gasteiger partial charge in [0.05, 0.1) is 12.7 Å². The molecule has 0 aromatic heterocycles. The molecule has 5 heteroatoms. The van der Waals surface area contributed by atoms with Crippen molar-refractivity contribution in [3.63, 3.8) is 0 Å². The molecule has 0 bridgehead atoms. The second-order valence-corrected chi connectivity index (χ2v) is 8.43. The zero-order valence-corrected chi connectivity index (χ0v) is 19.3. The maximum atomic E-state index is 6.15. The molecule has 1 unspecified atom stereocenters. The van der Waals surface area contributed by atoms with Crippen LogP contribution in [-0.2, 0) is 4.74 Å². The van der Waals surface area contributed by atoms with E-state index in [-0.39, 0.29) is 0 Å². The lowest BCUT2D eigenvalue weighted by atomic mass is 10.2. The van der Waals surface area contributed by atoms with E-state index in [1.807, 2.05) is 105 Å². The van der Waals surface area contributed by atoms with E-state index < -0.39 is 0 Å². The first-order valence-corrected chi connectivity index (χ1v) is 11.4. The fourth-order valence-corrected chi connectivity index (χ4v) is 3.40. The van der Waals surface area contributed by atoms with Crippen molar-refractivity contribution in [1.29, 1.82) is 0 Å². The summed E-state index contributed by atoms with van der Waals surface area (Å²) in [6, 6.07) is 29.3. The lowest BCUT2D eigenvalue weighted by Crippen LogP contribution is -2.07. The fourth-order valence-electron chi connectivity index (χ4n) is 3.40. The molecule has 0 radical (unpaired) electrons. The molecule has 1 aliphatic heterocycles. The largest absolute Gasteiger partial charge is 0.457 e. The molecular formula is C29H27NO4. The molecule has 1 atom stereocenters. The Morgan fingerprint density at radius 3 is 1.38 bits per heavy atom. The number of aryl methyl sites for hydroxylation is 2. The van der Waals surface area contributed by atoms with Crippen LogP contribution in [-0.4, -0.2) is 19.3 Å². The van der Waals surface area contributed by atoms with Gasteiger partial charge in [-0.05, 0) is 62.4 Å². The van der Waals surface area contributed by atoms with Crippen molar-refractivity contribution >= 4 is 5.69 Å². The summed E-state index contributed by atoms with van der Waals surface area (Å²) in [7, 11) is 0. The first-order chi connectivity index (χ1) is 16.6. The van der Waals surface area contributed by atoms with E-state index in [0.717, 1.165) is 36.1 Å². The molecule has 0 spiro atoms. The maximum absolute atomic E-state index is 6.15. The van der Waals surface area contributed by atoms with Gasteiger partial charge in [-0.25, -0.2) is 0 Å². The molecule has 5 nitrogen and oxygen atoms in total. The highest BCUT2D eigenvalue weighted by molar-refractivity contribution is 5.50. The van der Waals surface area contributed by atoms with Gasteiger partial charge in [-0.3, -0.25) is 0 Å². The Kier molecular flexibility index (Phi) is 6.36. The molecule has 1 aliphatic rings. The van der Waals surface area contributed by atoms with E-state index in [4.69, 9.17) is 18.9 Å². The zero-order chi connectivity index (χ0) is 23.3. The van der Waals surface area contributed by atoms with Crippen molar-refractivity contribution in [3.8, 4) is 34.5 Å². The summed E-state index contributed by atoms with van der Waals surface area (Å²) in [5.41, 5.74) is 3.38. The summed E-state index contributed by atoms with van der Waals surface area (Å²) < 4.78 is 23.6. The van der Waals surface area contributed by atoms with E-state index in [1.54, 1.807) is 0 Å². The number of ether oxygens (including phenoxy) is 4. The third-order valence-electron chi connectivity index (χ3n) is 5.39. The van der Waals surface area contributed by atoms with Crippen LogP contribution in [0.15, 0.2) is 91.0 Å². The smallest absolute Gasteiger partial charge is 0.134 e. The van der Waals surface area contributed by atoms with Crippen LogP contribution < -0.4 is 19.5 Å². The number of nitrogens with one attached hydrogen (secondary N) is 1. The number of hydrogen-bond acceptors (Lipinski definition) is 5. The van der Waals surface area contributed by atoms with Gasteiger partial charge >= 0.3 is 0 Å². The number of anilines is 1. The Hall–Kier alpha value is -3.96. The summed E-state index contributed by atoms with van der Waals surface area (Å²) in [4.78, 5) is 0. The predicted molar refractivity (Wildman–Crippen MR) is 134 cm³/mol. The van der Waals surface area contributed by atoms with Gasteiger partial charge in [-0.2, -0.15) is 0 Å². The fraction of sp³-hybridized carbons (Fsp3) is 0.172. The van der Waals surface area contributed by atoms with Gasteiger partial charge in [-0.15, -0.1) is 0 Å². The van der Waals surface area contributed by atoms with Gasteiger partial charge in [0.15, 0.2) is 0 Å².